The Morgan fingerprint density at radius 3 is 2.33 bits per heavy atom. The highest BCUT2D eigenvalue weighted by atomic mass is 35.5. The summed E-state index contributed by atoms with van der Waals surface area (Å²) in [6.45, 7) is 9.96. The summed E-state index contributed by atoms with van der Waals surface area (Å²) < 4.78 is 18.3. The number of amides is 1. The fourth-order valence-electron chi connectivity index (χ4n) is 3.01. The molecule has 1 N–H and O–H groups in total. The van der Waals surface area contributed by atoms with Crippen molar-refractivity contribution in [2.45, 2.75) is 65.9 Å². The van der Waals surface area contributed by atoms with Crippen LogP contribution in [0.4, 0.5) is 5.82 Å². The molecule has 0 radical (unpaired) electrons. The molecule has 184 valence electrons. The Morgan fingerprint density at radius 1 is 1.18 bits per heavy atom. The topological polar surface area (TPSA) is 126 Å². The van der Waals surface area contributed by atoms with E-state index in [0.717, 1.165) is 0 Å². The number of aromatic nitrogens is 2. The van der Waals surface area contributed by atoms with Crippen molar-refractivity contribution in [2.75, 3.05) is 17.8 Å². The lowest BCUT2D eigenvalue weighted by atomic mass is 9.99. The number of ether oxygens (including phenoxy) is 3. The van der Waals surface area contributed by atoms with Gasteiger partial charge in [-0.2, -0.15) is 4.98 Å². The van der Waals surface area contributed by atoms with E-state index in [-0.39, 0.29) is 42.5 Å². The van der Waals surface area contributed by atoms with Crippen LogP contribution in [0.5, 0.6) is 0 Å². The maximum absolute atomic E-state index is 12.7. The highest BCUT2D eigenvalue weighted by Crippen LogP contribution is 2.40. The van der Waals surface area contributed by atoms with Crippen molar-refractivity contribution in [2.24, 2.45) is 17.8 Å². The van der Waals surface area contributed by atoms with Gasteiger partial charge in [0, 0.05) is 18.5 Å². The lowest BCUT2D eigenvalue weighted by Crippen LogP contribution is -2.49. The molecule has 1 aliphatic rings. The third-order valence-electron chi connectivity index (χ3n) is 5.18. The fourth-order valence-corrected chi connectivity index (χ4v) is 3.32. The number of carbonyl (C=O) groups is 3. The van der Waals surface area contributed by atoms with E-state index in [1.165, 1.54) is 16.8 Å². The molecule has 33 heavy (non-hydrogen) atoms. The summed E-state index contributed by atoms with van der Waals surface area (Å²) in [4.78, 5) is 52.8. The highest BCUT2D eigenvalue weighted by molar-refractivity contribution is 6.18. The number of halogens is 1. The molecule has 2 rings (SSSR count). The molecule has 1 aliphatic heterocycles. The molecule has 3 atom stereocenters. The van der Waals surface area contributed by atoms with Crippen LogP contribution >= 0.6 is 11.6 Å². The fraction of sp³-hybridized carbons (Fsp3) is 0.682. The number of alkyl halides is 1. The highest BCUT2D eigenvalue weighted by Gasteiger charge is 2.53. The zero-order valence-electron chi connectivity index (χ0n) is 19.8. The Kier molecular flexibility index (Phi) is 9.02. The van der Waals surface area contributed by atoms with Crippen LogP contribution in [-0.4, -0.2) is 51.6 Å². The summed E-state index contributed by atoms with van der Waals surface area (Å²) in [6.07, 6.45) is -0.200. The van der Waals surface area contributed by atoms with Gasteiger partial charge in [-0.25, -0.2) is 4.79 Å². The number of esters is 2. The summed E-state index contributed by atoms with van der Waals surface area (Å²) >= 11 is 6.23. The second-order valence-corrected chi connectivity index (χ2v) is 9.26. The minimum Gasteiger partial charge on any atom is -0.462 e. The molecular formula is C22H32ClN3O7. The van der Waals surface area contributed by atoms with E-state index in [1.807, 2.05) is 0 Å². The Hall–Kier alpha value is -2.46. The second kappa shape index (κ2) is 11.1. The van der Waals surface area contributed by atoms with E-state index >= 15 is 0 Å². The van der Waals surface area contributed by atoms with Crippen LogP contribution < -0.4 is 11.0 Å². The van der Waals surface area contributed by atoms with Crippen molar-refractivity contribution in [3.63, 3.8) is 0 Å². The average molecular weight is 486 g/mol. The molecule has 1 saturated heterocycles. The number of rotatable bonds is 9. The summed E-state index contributed by atoms with van der Waals surface area (Å²) in [7, 11) is 0. The van der Waals surface area contributed by atoms with Gasteiger partial charge in [-0.3, -0.25) is 19.0 Å². The zero-order chi connectivity index (χ0) is 24.9. The maximum atomic E-state index is 12.7. The molecule has 0 spiro atoms. The van der Waals surface area contributed by atoms with E-state index in [1.54, 1.807) is 41.5 Å². The van der Waals surface area contributed by atoms with Gasteiger partial charge in [0.25, 0.3) is 0 Å². The second-order valence-electron chi connectivity index (χ2n) is 9.00. The zero-order valence-corrected chi connectivity index (χ0v) is 20.5. The molecule has 11 heteroatoms. The predicted molar refractivity (Wildman–Crippen MR) is 121 cm³/mol. The summed E-state index contributed by atoms with van der Waals surface area (Å²) in [5.41, 5.74) is -2.01. The van der Waals surface area contributed by atoms with Crippen LogP contribution in [0.25, 0.3) is 0 Å². The van der Waals surface area contributed by atoms with Crippen LogP contribution in [0.15, 0.2) is 17.1 Å². The van der Waals surface area contributed by atoms with Crippen molar-refractivity contribution >= 4 is 35.3 Å². The molecule has 1 fully saturated rings. The predicted octanol–water partition coefficient (Wildman–Crippen LogP) is 2.50. The molecular weight excluding hydrogens is 454 g/mol. The molecule has 10 nitrogen and oxygen atoms in total. The minimum absolute atomic E-state index is 0.101. The van der Waals surface area contributed by atoms with Gasteiger partial charge in [0.1, 0.15) is 24.8 Å². The molecule has 0 aliphatic carbocycles. The van der Waals surface area contributed by atoms with Crippen LogP contribution in [0, 0.1) is 17.8 Å². The summed E-state index contributed by atoms with van der Waals surface area (Å²) in [5, 5.41) is 2.57. The Labute approximate surface area is 197 Å². The van der Waals surface area contributed by atoms with Gasteiger partial charge >= 0.3 is 17.6 Å². The maximum Gasteiger partial charge on any atom is 0.351 e. The van der Waals surface area contributed by atoms with Gasteiger partial charge in [-0.15, -0.1) is 11.6 Å². The molecule has 2 heterocycles. The van der Waals surface area contributed by atoms with Crippen LogP contribution in [0.3, 0.4) is 0 Å². The normalized spacial score (nSPS) is 22.6. The number of hydrogen-bond acceptors (Lipinski definition) is 8. The van der Waals surface area contributed by atoms with E-state index in [2.05, 4.69) is 10.3 Å². The lowest BCUT2D eigenvalue weighted by molar-refractivity contribution is -0.176. The van der Waals surface area contributed by atoms with Crippen LogP contribution in [0.1, 0.15) is 54.2 Å². The van der Waals surface area contributed by atoms with Crippen LogP contribution in [0.2, 0.25) is 0 Å². The summed E-state index contributed by atoms with van der Waals surface area (Å²) in [6, 6.07) is 1.47. The van der Waals surface area contributed by atoms with Crippen LogP contribution in [-0.2, 0) is 28.6 Å². The smallest absolute Gasteiger partial charge is 0.351 e. The Balaban J connectivity index is 2.31. The first kappa shape index (κ1) is 26.8. The molecule has 0 saturated carbocycles. The number of nitrogens with zero attached hydrogens (tertiary/aromatic N) is 2. The number of carbonyl (C=O) groups excluding carboxylic acids is 3. The van der Waals surface area contributed by atoms with E-state index in [0.29, 0.717) is 0 Å². The molecule has 0 bridgehead atoms. The summed E-state index contributed by atoms with van der Waals surface area (Å²) in [5.74, 6) is -2.27. The largest absolute Gasteiger partial charge is 0.462 e. The first-order valence-electron chi connectivity index (χ1n) is 10.9. The third-order valence-corrected chi connectivity index (χ3v) is 5.63. The Morgan fingerprint density at radius 2 is 1.82 bits per heavy atom. The molecule has 1 aromatic heterocycles. The average Bonchev–Trinajstić information content (AvgIpc) is 3.10. The monoisotopic (exact) mass is 485 g/mol. The van der Waals surface area contributed by atoms with E-state index in [9.17, 15) is 19.2 Å². The van der Waals surface area contributed by atoms with Gasteiger partial charge in [0.05, 0.1) is 17.7 Å². The first-order valence-corrected chi connectivity index (χ1v) is 11.4. The molecule has 1 amide bonds. The van der Waals surface area contributed by atoms with Gasteiger partial charge < -0.3 is 19.5 Å². The molecule has 0 aromatic carbocycles. The van der Waals surface area contributed by atoms with Crippen molar-refractivity contribution < 1.29 is 28.6 Å². The lowest BCUT2D eigenvalue weighted by Gasteiger charge is -2.32. The van der Waals surface area contributed by atoms with Gasteiger partial charge in [0.2, 0.25) is 5.91 Å². The number of hydrogen-bond donors (Lipinski definition) is 1. The number of anilines is 1. The number of nitrogens with one attached hydrogen (secondary N) is 1. The van der Waals surface area contributed by atoms with Crippen molar-refractivity contribution in [1.82, 2.24) is 9.55 Å². The molecule has 1 aromatic rings. The molecule has 0 unspecified atom stereocenters. The van der Waals surface area contributed by atoms with Gasteiger partial charge in [-0.05, 0) is 6.07 Å². The van der Waals surface area contributed by atoms with E-state index in [4.69, 9.17) is 25.8 Å². The standard InChI is InChI=1S/C22H32ClN3O7/c1-12(2)18(27)24-16-7-8-26(21(30)25-16)17-9-15(32-20(29)14(5)6)22(10-23,33-17)11-31-19(28)13(3)4/h7-8,12-15,17H,9-11H2,1-6H3,(H,24,25,27,30)/t15-,17+,22+/m0/s1. The Bertz CT molecular complexity index is 931. The van der Waals surface area contributed by atoms with Gasteiger partial charge in [-0.1, -0.05) is 41.5 Å². The third kappa shape index (κ3) is 6.54. The van der Waals surface area contributed by atoms with Crippen molar-refractivity contribution in [3.05, 3.63) is 22.7 Å². The van der Waals surface area contributed by atoms with Gasteiger partial charge in [0.15, 0.2) is 5.60 Å². The quantitative estimate of drug-likeness (QED) is 0.417. The minimum atomic E-state index is -1.34. The van der Waals surface area contributed by atoms with Crippen molar-refractivity contribution in [1.29, 1.82) is 0 Å². The van der Waals surface area contributed by atoms with E-state index < -0.39 is 41.5 Å². The SMILES string of the molecule is CC(C)C(=O)Nc1ccn([C@H]2C[C@H](OC(=O)C(C)C)[C@@](CCl)(COC(=O)C(C)C)O2)c(=O)n1. The first-order chi connectivity index (χ1) is 15.4. The van der Waals surface area contributed by atoms with Crippen molar-refractivity contribution in [3.8, 4) is 0 Å².